The van der Waals surface area contributed by atoms with Crippen LogP contribution in [0, 0.1) is 0 Å². The van der Waals surface area contributed by atoms with Crippen LogP contribution in [0.4, 0.5) is 0 Å². The Labute approximate surface area is 123 Å². The number of nitrogens with one attached hydrogen (secondary N) is 1. The van der Waals surface area contributed by atoms with Gasteiger partial charge in [-0.1, -0.05) is 13.8 Å². The van der Waals surface area contributed by atoms with E-state index < -0.39 is 5.54 Å². The van der Waals surface area contributed by atoms with E-state index in [0.29, 0.717) is 6.10 Å². The molecule has 0 bridgehead atoms. The lowest BCUT2D eigenvalue weighted by Crippen LogP contribution is -2.50. The van der Waals surface area contributed by atoms with Crippen LogP contribution in [0.5, 0.6) is 0 Å². The molecule has 5 heteroatoms. The van der Waals surface area contributed by atoms with E-state index in [9.17, 15) is 4.79 Å². The summed E-state index contributed by atoms with van der Waals surface area (Å²) in [5.74, 6) is -0.173. The second kappa shape index (κ2) is 8.60. The van der Waals surface area contributed by atoms with E-state index in [1.54, 1.807) is 0 Å². The van der Waals surface area contributed by atoms with Gasteiger partial charge in [0.05, 0.1) is 19.8 Å². The van der Waals surface area contributed by atoms with E-state index in [-0.39, 0.29) is 5.97 Å². The summed E-state index contributed by atoms with van der Waals surface area (Å²) >= 11 is 0. The van der Waals surface area contributed by atoms with Crippen molar-refractivity contribution in [2.24, 2.45) is 0 Å². The molecular weight excluding hydrogens is 256 g/mol. The molecule has 0 aliphatic carbocycles. The van der Waals surface area contributed by atoms with Crippen molar-refractivity contribution >= 4 is 5.97 Å². The Morgan fingerprint density at radius 2 is 2.25 bits per heavy atom. The van der Waals surface area contributed by atoms with Crippen molar-refractivity contribution < 1.29 is 14.3 Å². The van der Waals surface area contributed by atoms with Crippen molar-refractivity contribution in [2.75, 3.05) is 39.9 Å². The number of hydrogen-bond acceptors (Lipinski definition) is 5. The smallest absolute Gasteiger partial charge is 0.325 e. The summed E-state index contributed by atoms with van der Waals surface area (Å²) in [5.41, 5.74) is -0.569. The second-order valence-corrected chi connectivity index (χ2v) is 5.66. The Kier molecular flexibility index (Phi) is 7.48. The molecule has 1 aliphatic heterocycles. The summed E-state index contributed by atoms with van der Waals surface area (Å²) in [6.07, 6.45) is 3.20. The van der Waals surface area contributed by atoms with Gasteiger partial charge in [0.1, 0.15) is 5.54 Å². The highest BCUT2D eigenvalue weighted by atomic mass is 16.5. The summed E-state index contributed by atoms with van der Waals surface area (Å²) in [6, 6.07) is 0. The largest absolute Gasteiger partial charge is 0.468 e. The summed E-state index contributed by atoms with van der Waals surface area (Å²) in [6.45, 7) is 10.7. The number of methoxy groups -OCH3 is 1. The van der Waals surface area contributed by atoms with Gasteiger partial charge in [0.25, 0.3) is 0 Å². The Morgan fingerprint density at radius 1 is 1.50 bits per heavy atom. The maximum absolute atomic E-state index is 11.9. The molecule has 1 heterocycles. The van der Waals surface area contributed by atoms with Crippen molar-refractivity contribution in [3.8, 4) is 0 Å². The molecule has 0 aromatic carbocycles. The highest BCUT2D eigenvalue weighted by molar-refractivity contribution is 5.80. The number of morpholine rings is 1. The molecule has 1 fully saturated rings. The zero-order valence-corrected chi connectivity index (χ0v) is 13.4. The van der Waals surface area contributed by atoms with Crippen LogP contribution >= 0.6 is 0 Å². The van der Waals surface area contributed by atoms with Gasteiger partial charge in [-0.2, -0.15) is 0 Å². The third-order valence-corrected chi connectivity index (χ3v) is 4.03. The molecule has 20 heavy (non-hydrogen) atoms. The standard InChI is InChI=1S/C15H30N2O3/c1-5-13-12-17(10-11-20-13)9-7-8-15(3,16-6-2)14(18)19-4/h13,16H,5-12H2,1-4H3. The lowest BCUT2D eigenvalue weighted by atomic mass is 9.95. The minimum absolute atomic E-state index is 0.173. The van der Waals surface area contributed by atoms with Gasteiger partial charge >= 0.3 is 5.97 Å². The van der Waals surface area contributed by atoms with E-state index in [0.717, 1.165) is 52.0 Å². The van der Waals surface area contributed by atoms with Gasteiger partial charge in [-0.25, -0.2) is 0 Å². The summed E-state index contributed by atoms with van der Waals surface area (Å²) in [5, 5.41) is 3.25. The van der Waals surface area contributed by atoms with Crippen LogP contribution in [0.3, 0.4) is 0 Å². The predicted molar refractivity (Wildman–Crippen MR) is 79.8 cm³/mol. The number of esters is 1. The molecule has 2 atom stereocenters. The van der Waals surface area contributed by atoms with Crippen LogP contribution in [-0.2, 0) is 14.3 Å². The van der Waals surface area contributed by atoms with E-state index in [4.69, 9.17) is 9.47 Å². The highest BCUT2D eigenvalue weighted by Crippen LogP contribution is 2.16. The molecule has 118 valence electrons. The Morgan fingerprint density at radius 3 is 2.85 bits per heavy atom. The second-order valence-electron chi connectivity index (χ2n) is 5.66. The van der Waals surface area contributed by atoms with Crippen LogP contribution in [0.15, 0.2) is 0 Å². The molecule has 0 aromatic heterocycles. The number of likely N-dealkylation sites (N-methyl/N-ethyl adjacent to an activating group) is 1. The van der Waals surface area contributed by atoms with Gasteiger partial charge in [-0.05, 0) is 39.3 Å². The third-order valence-electron chi connectivity index (χ3n) is 4.03. The van der Waals surface area contributed by atoms with Gasteiger partial charge in [0, 0.05) is 13.1 Å². The molecule has 1 N–H and O–H groups in total. The molecule has 0 amide bonds. The van der Waals surface area contributed by atoms with Gasteiger partial charge in [-0.3, -0.25) is 9.69 Å². The highest BCUT2D eigenvalue weighted by Gasteiger charge is 2.33. The molecule has 2 unspecified atom stereocenters. The zero-order valence-electron chi connectivity index (χ0n) is 13.4. The first-order valence-corrected chi connectivity index (χ1v) is 7.73. The predicted octanol–water partition coefficient (Wildman–Crippen LogP) is 1.42. The van der Waals surface area contributed by atoms with Crippen molar-refractivity contribution in [1.29, 1.82) is 0 Å². The molecule has 0 spiro atoms. The fourth-order valence-corrected chi connectivity index (χ4v) is 2.76. The van der Waals surface area contributed by atoms with E-state index in [1.807, 2.05) is 13.8 Å². The number of carbonyl (C=O) groups is 1. The molecule has 0 aromatic rings. The lowest BCUT2D eigenvalue weighted by molar-refractivity contribution is -0.148. The number of rotatable bonds is 8. The van der Waals surface area contributed by atoms with Crippen LogP contribution in [-0.4, -0.2) is 62.4 Å². The van der Waals surface area contributed by atoms with Crippen LogP contribution in [0.1, 0.15) is 40.0 Å². The Balaban J connectivity index is 2.38. The molecular formula is C15H30N2O3. The van der Waals surface area contributed by atoms with Crippen molar-refractivity contribution in [1.82, 2.24) is 10.2 Å². The van der Waals surface area contributed by atoms with E-state index >= 15 is 0 Å². The average Bonchev–Trinajstić information content (AvgIpc) is 2.46. The van der Waals surface area contributed by atoms with Gasteiger partial charge in [-0.15, -0.1) is 0 Å². The van der Waals surface area contributed by atoms with Crippen LogP contribution in [0.2, 0.25) is 0 Å². The molecule has 1 aliphatic rings. The Hall–Kier alpha value is -0.650. The first-order valence-electron chi connectivity index (χ1n) is 7.73. The number of carbonyl (C=O) groups excluding carboxylic acids is 1. The molecule has 0 saturated carbocycles. The topological polar surface area (TPSA) is 50.8 Å². The maximum atomic E-state index is 11.9. The van der Waals surface area contributed by atoms with Crippen LogP contribution in [0.25, 0.3) is 0 Å². The molecule has 1 rings (SSSR count). The van der Waals surface area contributed by atoms with E-state index in [1.165, 1.54) is 7.11 Å². The van der Waals surface area contributed by atoms with Gasteiger partial charge in [0.15, 0.2) is 0 Å². The minimum Gasteiger partial charge on any atom is -0.468 e. The minimum atomic E-state index is -0.569. The zero-order chi connectivity index (χ0) is 15.0. The SMILES string of the molecule is CCNC(C)(CCCN1CCOC(CC)C1)C(=O)OC. The van der Waals surface area contributed by atoms with Crippen molar-refractivity contribution in [2.45, 2.75) is 51.7 Å². The molecule has 0 radical (unpaired) electrons. The summed E-state index contributed by atoms with van der Waals surface area (Å²) in [7, 11) is 1.45. The summed E-state index contributed by atoms with van der Waals surface area (Å²) in [4.78, 5) is 14.3. The summed E-state index contributed by atoms with van der Waals surface area (Å²) < 4.78 is 10.6. The third kappa shape index (κ3) is 5.04. The lowest BCUT2D eigenvalue weighted by Gasteiger charge is -2.33. The molecule has 5 nitrogen and oxygen atoms in total. The number of ether oxygens (including phenoxy) is 2. The van der Waals surface area contributed by atoms with Gasteiger partial charge < -0.3 is 14.8 Å². The molecule has 1 saturated heterocycles. The quantitative estimate of drug-likeness (QED) is 0.684. The van der Waals surface area contributed by atoms with Crippen molar-refractivity contribution in [3.05, 3.63) is 0 Å². The normalized spacial score (nSPS) is 23.3. The van der Waals surface area contributed by atoms with E-state index in [2.05, 4.69) is 17.1 Å². The first-order chi connectivity index (χ1) is 9.55. The Bertz CT molecular complexity index is 299. The first kappa shape index (κ1) is 17.4. The van der Waals surface area contributed by atoms with Crippen molar-refractivity contribution in [3.63, 3.8) is 0 Å². The van der Waals surface area contributed by atoms with Gasteiger partial charge in [0.2, 0.25) is 0 Å². The monoisotopic (exact) mass is 286 g/mol. The average molecular weight is 286 g/mol. The van der Waals surface area contributed by atoms with Crippen LogP contribution < -0.4 is 5.32 Å². The fraction of sp³-hybridized carbons (Fsp3) is 0.933. The number of nitrogens with zero attached hydrogens (tertiary/aromatic N) is 1. The number of hydrogen-bond donors (Lipinski definition) is 1. The maximum Gasteiger partial charge on any atom is 0.325 e. The fourth-order valence-electron chi connectivity index (χ4n) is 2.76.